The number of anilines is 1. The van der Waals surface area contributed by atoms with Gasteiger partial charge in [-0.05, 0) is 48.4 Å². The van der Waals surface area contributed by atoms with Crippen LogP contribution < -0.4 is 10.2 Å². The molecule has 0 spiro atoms. The third kappa shape index (κ3) is 4.97. The van der Waals surface area contributed by atoms with Crippen LogP contribution >= 0.6 is 27.7 Å². The molecule has 20 heavy (non-hydrogen) atoms. The molecule has 4 heteroatoms. The maximum absolute atomic E-state index is 3.61. The molecular formula is C16H25BrN2S. The minimum Gasteiger partial charge on any atom is -0.370 e. The van der Waals surface area contributed by atoms with E-state index in [4.69, 9.17) is 0 Å². The monoisotopic (exact) mass is 356 g/mol. The van der Waals surface area contributed by atoms with Gasteiger partial charge in [-0.3, -0.25) is 0 Å². The first-order valence-electron chi connectivity index (χ1n) is 7.48. The van der Waals surface area contributed by atoms with Crippen molar-refractivity contribution >= 4 is 33.4 Å². The molecule has 112 valence electrons. The molecule has 1 aliphatic rings. The Kier molecular flexibility index (Phi) is 6.72. The minimum absolute atomic E-state index is 0.695. The minimum atomic E-state index is 0.695. The van der Waals surface area contributed by atoms with Crippen molar-refractivity contribution in [2.75, 3.05) is 36.0 Å². The number of nitrogens with one attached hydrogen (secondary N) is 1. The molecule has 0 radical (unpaired) electrons. The van der Waals surface area contributed by atoms with E-state index >= 15 is 0 Å². The molecule has 0 amide bonds. The quantitative estimate of drug-likeness (QED) is 0.853. The Bertz CT molecular complexity index is 415. The number of hydrogen-bond acceptors (Lipinski definition) is 3. The highest BCUT2D eigenvalue weighted by Crippen LogP contribution is 2.26. The van der Waals surface area contributed by atoms with Gasteiger partial charge in [0.2, 0.25) is 0 Å². The zero-order chi connectivity index (χ0) is 14.4. The summed E-state index contributed by atoms with van der Waals surface area (Å²) in [4.78, 5) is 2.55. The molecule has 2 nitrogen and oxygen atoms in total. The Morgan fingerprint density at radius 1 is 1.30 bits per heavy atom. The molecule has 1 aromatic rings. The van der Waals surface area contributed by atoms with Crippen molar-refractivity contribution in [3.63, 3.8) is 0 Å². The Balaban J connectivity index is 2.09. The largest absolute Gasteiger partial charge is 0.370 e. The molecule has 0 saturated carbocycles. The van der Waals surface area contributed by atoms with Gasteiger partial charge in [0.15, 0.2) is 0 Å². The van der Waals surface area contributed by atoms with Gasteiger partial charge in [0.1, 0.15) is 0 Å². The molecular weight excluding hydrogens is 332 g/mol. The number of halogens is 1. The molecule has 1 aliphatic heterocycles. The lowest BCUT2D eigenvalue weighted by Crippen LogP contribution is -2.28. The van der Waals surface area contributed by atoms with Gasteiger partial charge in [-0.2, -0.15) is 11.8 Å². The average Bonchev–Trinajstić information content (AvgIpc) is 2.67. The van der Waals surface area contributed by atoms with E-state index in [1.807, 2.05) is 0 Å². The maximum Gasteiger partial charge on any atom is 0.0412 e. The van der Waals surface area contributed by atoms with Crippen LogP contribution in [-0.4, -0.2) is 31.1 Å². The van der Waals surface area contributed by atoms with Crippen molar-refractivity contribution in [3.05, 3.63) is 28.2 Å². The maximum atomic E-state index is 3.61. The van der Waals surface area contributed by atoms with E-state index in [0.717, 1.165) is 13.1 Å². The summed E-state index contributed by atoms with van der Waals surface area (Å²) in [5, 5.41) is 3.57. The SMILES string of the molecule is CC(C)CNCc1cc(Br)ccc1N1CCCSCC1. The second-order valence-corrected chi connectivity index (χ2v) is 7.89. The Morgan fingerprint density at radius 2 is 2.15 bits per heavy atom. The number of benzene rings is 1. The molecule has 2 rings (SSSR count). The van der Waals surface area contributed by atoms with E-state index in [9.17, 15) is 0 Å². The van der Waals surface area contributed by atoms with Gasteiger partial charge in [0.05, 0.1) is 0 Å². The fourth-order valence-corrected chi connectivity index (χ4v) is 3.78. The van der Waals surface area contributed by atoms with Crippen LogP contribution in [0.25, 0.3) is 0 Å². The average molecular weight is 357 g/mol. The predicted octanol–water partition coefficient (Wildman–Crippen LogP) is 4.14. The van der Waals surface area contributed by atoms with E-state index in [1.165, 1.54) is 46.7 Å². The zero-order valence-electron chi connectivity index (χ0n) is 12.5. The Hall–Kier alpha value is -0.190. The molecule has 1 heterocycles. The van der Waals surface area contributed by atoms with E-state index in [2.05, 4.69) is 70.0 Å². The highest BCUT2D eigenvalue weighted by molar-refractivity contribution is 9.10. The van der Waals surface area contributed by atoms with Gasteiger partial charge in [0.25, 0.3) is 0 Å². The Morgan fingerprint density at radius 3 is 2.95 bits per heavy atom. The first kappa shape index (κ1) is 16.2. The third-order valence-corrected chi connectivity index (χ3v) is 5.01. The van der Waals surface area contributed by atoms with Crippen LogP contribution in [0.5, 0.6) is 0 Å². The van der Waals surface area contributed by atoms with Crippen LogP contribution in [0.15, 0.2) is 22.7 Å². The molecule has 0 aliphatic carbocycles. The van der Waals surface area contributed by atoms with E-state index in [-0.39, 0.29) is 0 Å². The van der Waals surface area contributed by atoms with Crippen molar-refractivity contribution in [2.45, 2.75) is 26.8 Å². The topological polar surface area (TPSA) is 15.3 Å². The second-order valence-electron chi connectivity index (χ2n) is 5.75. The summed E-state index contributed by atoms with van der Waals surface area (Å²) in [6, 6.07) is 6.70. The molecule has 0 aromatic heterocycles. The number of thioether (sulfide) groups is 1. The van der Waals surface area contributed by atoms with Crippen LogP contribution in [0, 0.1) is 5.92 Å². The van der Waals surface area contributed by atoms with Gasteiger partial charge in [-0.1, -0.05) is 29.8 Å². The number of hydrogen-bond donors (Lipinski definition) is 1. The highest BCUT2D eigenvalue weighted by Gasteiger charge is 2.14. The fourth-order valence-electron chi connectivity index (χ4n) is 2.49. The predicted molar refractivity (Wildman–Crippen MR) is 94.8 cm³/mol. The summed E-state index contributed by atoms with van der Waals surface area (Å²) in [5.41, 5.74) is 2.82. The van der Waals surface area contributed by atoms with Gasteiger partial charge < -0.3 is 10.2 Å². The highest BCUT2D eigenvalue weighted by atomic mass is 79.9. The third-order valence-electron chi connectivity index (χ3n) is 3.47. The zero-order valence-corrected chi connectivity index (χ0v) is 14.9. The van der Waals surface area contributed by atoms with Crippen LogP contribution in [0.3, 0.4) is 0 Å². The molecule has 1 saturated heterocycles. The van der Waals surface area contributed by atoms with E-state index in [0.29, 0.717) is 5.92 Å². The van der Waals surface area contributed by atoms with Crippen LogP contribution in [-0.2, 0) is 6.54 Å². The van der Waals surface area contributed by atoms with Crippen molar-refractivity contribution in [2.24, 2.45) is 5.92 Å². The van der Waals surface area contributed by atoms with Gasteiger partial charge >= 0.3 is 0 Å². The molecule has 0 unspecified atom stereocenters. The first-order valence-corrected chi connectivity index (χ1v) is 9.43. The molecule has 1 N–H and O–H groups in total. The first-order chi connectivity index (χ1) is 9.66. The van der Waals surface area contributed by atoms with Gasteiger partial charge in [0, 0.05) is 35.5 Å². The summed E-state index contributed by atoms with van der Waals surface area (Å²) in [6.07, 6.45) is 1.29. The summed E-state index contributed by atoms with van der Waals surface area (Å²) in [7, 11) is 0. The van der Waals surface area contributed by atoms with E-state index in [1.54, 1.807) is 0 Å². The number of nitrogens with zero attached hydrogens (tertiary/aromatic N) is 1. The normalized spacial score (nSPS) is 16.5. The van der Waals surface area contributed by atoms with Crippen molar-refractivity contribution in [3.8, 4) is 0 Å². The van der Waals surface area contributed by atoms with Crippen molar-refractivity contribution in [1.29, 1.82) is 0 Å². The smallest absolute Gasteiger partial charge is 0.0412 e. The van der Waals surface area contributed by atoms with Gasteiger partial charge in [-0.25, -0.2) is 0 Å². The molecule has 1 fully saturated rings. The lowest BCUT2D eigenvalue weighted by Gasteiger charge is -2.25. The van der Waals surface area contributed by atoms with Crippen LogP contribution in [0.2, 0.25) is 0 Å². The van der Waals surface area contributed by atoms with Crippen LogP contribution in [0.1, 0.15) is 25.8 Å². The summed E-state index contributed by atoms with van der Waals surface area (Å²) in [6.45, 7) is 8.88. The fraction of sp³-hybridized carbons (Fsp3) is 0.625. The van der Waals surface area contributed by atoms with Crippen molar-refractivity contribution in [1.82, 2.24) is 5.32 Å². The molecule has 1 aromatic carbocycles. The van der Waals surface area contributed by atoms with Crippen molar-refractivity contribution < 1.29 is 0 Å². The summed E-state index contributed by atoms with van der Waals surface area (Å²) in [5.74, 6) is 3.24. The lowest BCUT2D eigenvalue weighted by molar-refractivity contribution is 0.552. The molecule has 0 atom stereocenters. The standard InChI is InChI=1S/C16H25BrN2S/c1-13(2)11-18-12-14-10-15(17)4-5-16(14)19-6-3-8-20-9-7-19/h4-5,10,13,18H,3,6-9,11-12H2,1-2H3. The Labute approximate surface area is 135 Å². The lowest BCUT2D eigenvalue weighted by atomic mass is 10.1. The summed E-state index contributed by atoms with van der Waals surface area (Å²) >= 11 is 5.68. The van der Waals surface area contributed by atoms with Gasteiger partial charge in [-0.15, -0.1) is 0 Å². The van der Waals surface area contributed by atoms with Crippen LogP contribution in [0.4, 0.5) is 5.69 Å². The second kappa shape index (κ2) is 8.30. The molecule has 0 bridgehead atoms. The van der Waals surface area contributed by atoms with E-state index < -0.39 is 0 Å². The summed E-state index contributed by atoms with van der Waals surface area (Å²) < 4.78 is 1.17. The number of rotatable bonds is 5.